The molecule has 3 atom stereocenters. The minimum absolute atomic E-state index is 0.122. The number of hydrogen-bond acceptors (Lipinski definition) is 4. The molecule has 1 aliphatic carbocycles. The third-order valence-corrected chi connectivity index (χ3v) is 5.07. The number of anilines is 1. The van der Waals surface area contributed by atoms with Crippen molar-refractivity contribution < 1.29 is 9.90 Å². The van der Waals surface area contributed by atoms with Crippen molar-refractivity contribution in [3.8, 4) is 0 Å². The second-order valence-corrected chi connectivity index (χ2v) is 6.97. The van der Waals surface area contributed by atoms with E-state index in [2.05, 4.69) is 27.3 Å². The van der Waals surface area contributed by atoms with Gasteiger partial charge < -0.3 is 15.3 Å². The Kier molecular flexibility index (Phi) is 4.40. The molecule has 4 rings (SSSR count). The van der Waals surface area contributed by atoms with Crippen LogP contribution in [0.3, 0.4) is 0 Å². The third kappa shape index (κ3) is 3.66. The van der Waals surface area contributed by atoms with E-state index in [1.807, 2.05) is 30.3 Å². The second kappa shape index (κ2) is 6.84. The van der Waals surface area contributed by atoms with Gasteiger partial charge in [0.1, 0.15) is 5.69 Å². The molecule has 0 spiro atoms. The van der Waals surface area contributed by atoms with Gasteiger partial charge in [0.2, 0.25) is 0 Å². The number of rotatable bonds is 4. The number of carbonyl (C=O) groups excluding carboxylic acids is 1. The predicted octanol–water partition coefficient (Wildman–Crippen LogP) is 2.33. The van der Waals surface area contributed by atoms with Gasteiger partial charge in [0.25, 0.3) is 5.91 Å². The van der Waals surface area contributed by atoms with Crippen LogP contribution in [-0.4, -0.2) is 41.2 Å². The molecule has 2 N–H and O–H groups in total. The average molecular weight is 337 g/mol. The number of aliphatic hydroxyl groups is 1. The van der Waals surface area contributed by atoms with Crippen molar-refractivity contribution in [1.29, 1.82) is 0 Å². The van der Waals surface area contributed by atoms with Gasteiger partial charge in [-0.05, 0) is 37.0 Å². The van der Waals surface area contributed by atoms with Gasteiger partial charge in [0.05, 0.1) is 6.10 Å². The summed E-state index contributed by atoms with van der Waals surface area (Å²) in [5.41, 5.74) is 2.67. The van der Waals surface area contributed by atoms with Crippen LogP contribution in [-0.2, 0) is 0 Å². The van der Waals surface area contributed by atoms with E-state index in [4.69, 9.17) is 0 Å². The van der Waals surface area contributed by atoms with E-state index in [1.54, 1.807) is 6.20 Å². The van der Waals surface area contributed by atoms with Gasteiger partial charge in [0.15, 0.2) is 0 Å². The summed E-state index contributed by atoms with van der Waals surface area (Å²) in [6.07, 6.45) is 4.17. The molecule has 2 heterocycles. The average Bonchev–Trinajstić information content (AvgIpc) is 3.42. The Morgan fingerprint density at radius 2 is 2.08 bits per heavy atom. The molecule has 1 aliphatic heterocycles. The number of pyridine rings is 1. The topological polar surface area (TPSA) is 65.5 Å². The van der Waals surface area contributed by atoms with Crippen LogP contribution in [0, 0.1) is 0 Å². The van der Waals surface area contributed by atoms with Gasteiger partial charge in [-0.15, -0.1) is 0 Å². The van der Waals surface area contributed by atoms with Crippen LogP contribution in [0.25, 0.3) is 0 Å². The van der Waals surface area contributed by atoms with Crippen LogP contribution in [0.5, 0.6) is 0 Å². The Bertz CT molecular complexity index is 750. The standard InChI is InChI=1S/C20H23N3O2/c24-16-7-4-10-23(13-16)15-8-9-21-19(11-15)20(25)22-18-12-17(18)14-5-2-1-3-6-14/h1-3,5-6,8-9,11,16-18,24H,4,7,10,12-13H2,(H,22,25)/t16-,17+,18-/m1/s1. The van der Waals surface area contributed by atoms with E-state index in [1.165, 1.54) is 5.56 Å². The highest BCUT2D eigenvalue weighted by Crippen LogP contribution is 2.40. The highest BCUT2D eigenvalue weighted by molar-refractivity contribution is 5.93. The Morgan fingerprint density at radius 3 is 2.88 bits per heavy atom. The van der Waals surface area contributed by atoms with Crippen molar-refractivity contribution in [1.82, 2.24) is 10.3 Å². The summed E-state index contributed by atoms with van der Waals surface area (Å²) in [6.45, 7) is 1.52. The maximum absolute atomic E-state index is 12.5. The van der Waals surface area contributed by atoms with Gasteiger partial charge in [0, 0.05) is 36.9 Å². The minimum Gasteiger partial charge on any atom is -0.391 e. The van der Waals surface area contributed by atoms with E-state index in [0.29, 0.717) is 18.2 Å². The fourth-order valence-corrected chi connectivity index (χ4v) is 3.59. The first kappa shape index (κ1) is 16.1. The number of amides is 1. The Morgan fingerprint density at radius 1 is 1.24 bits per heavy atom. The molecule has 0 radical (unpaired) electrons. The molecular weight excluding hydrogens is 314 g/mol. The van der Waals surface area contributed by atoms with Gasteiger partial charge in [-0.3, -0.25) is 9.78 Å². The van der Waals surface area contributed by atoms with E-state index >= 15 is 0 Å². The van der Waals surface area contributed by atoms with E-state index in [-0.39, 0.29) is 18.1 Å². The van der Waals surface area contributed by atoms with E-state index in [9.17, 15) is 9.90 Å². The van der Waals surface area contributed by atoms with Crippen molar-refractivity contribution >= 4 is 11.6 Å². The van der Waals surface area contributed by atoms with Gasteiger partial charge >= 0.3 is 0 Å². The van der Waals surface area contributed by atoms with Crippen LogP contribution in [0.1, 0.15) is 41.2 Å². The summed E-state index contributed by atoms with van der Waals surface area (Å²) in [5.74, 6) is 0.286. The number of piperidine rings is 1. The summed E-state index contributed by atoms with van der Waals surface area (Å²) in [7, 11) is 0. The van der Waals surface area contributed by atoms with Crippen molar-refractivity contribution in [3.63, 3.8) is 0 Å². The maximum Gasteiger partial charge on any atom is 0.270 e. The zero-order chi connectivity index (χ0) is 17.2. The number of nitrogens with zero attached hydrogens (tertiary/aromatic N) is 2. The van der Waals surface area contributed by atoms with E-state index < -0.39 is 0 Å². The largest absolute Gasteiger partial charge is 0.391 e. The number of hydrogen-bond donors (Lipinski definition) is 2. The lowest BCUT2D eigenvalue weighted by Crippen LogP contribution is -2.38. The quantitative estimate of drug-likeness (QED) is 0.899. The number of β-amino-alcohol motifs (C(OH)–C–C–N with tert-alkyl or cyclic N) is 1. The monoisotopic (exact) mass is 337 g/mol. The molecule has 1 saturated carbocycles. The van der Waals surface area contributed by atoms with Crippen LogP contribution in [0.4, 0.5) is 5.69 Å². The van der Waals surface area contributed by atoms with Crippen LogP contribution in [0.15, 0.2) is 48.7 Å². The number of carbonyl (C=O) groups is 1. The Hall–Kier alpha value is -2.40. The number of nitrogens with one attached hydrogen (secondary N) is 1. The summed E-state index contributed by atoms with van der Waals surface area (Å²) in [5, 5.41) is 12.9. The number of aromatic nitrogens is 1. The van der Waals surface area contributed by atoms with Crippen molar-refractivity contribution in [3.05, 3.63) is 59.9 Å². The maximum atomic E-state index is 12.5. The van der Waals surface area contributed by atoms with Crippen LogP contribution in [0.2, 0.25) is 0 Å². The van der Waals surface area contributed by atoms with Gasteiger partial charge in [-0.2, -0.15) is 0 Å². The Balaban J connectivity index is 1.40. The van der Waals surface area contributed by atoms with E-state index in [0.717, 1.165) is 31.5 Å². The summed E-state index contributed by atoms with van der Waals surface area (Å²) < 4.78 is 0. The summed E-state index contributed by atoms with van der Waals surface area (Å²) in [4.78, 5) is 18.9. The SMILES string of the molecule is O=C(N[C@@H]1C[C@H]1c1ccccc1)c1cc(N2CCC[C@@H](O)C2)ccn1. The highest BCUT2D eigenvalue weighted by atomic mass is 16.3. The second-order valence-electron chi connectivity index (χ2n) is 6.97. The highest BCUT2D eigenvalue weighted by Gasteiger charge is 2.39. The van der Waals surface area contributed by atoms with Crippen LogP contribution >= 0.6 is 0 Å². The fourth-order valence-electron chi connectivity index (χ4n) is 3.59. The third-order valence-electron chi connectivity index (χ3n) is 5.07. The number of benzene rings is 1. The molecule has 5 nitrogen and oxygen atoms in total. The molecule has 130 valence electrons. The predicted molar refractivity (Wildman–Crippen MR) is 96.7 cm³/mol. The lowest BCUT2D eigenvalue weighted by atomic mass is 10.1. The molecule has 0 bridgehead atoms. The van der Waals surface area contributed by atoms with Crippen molar-refractivity contribution in [2.24, 2.45) is 0 Å². The molecule has 2 aromatic rings. The first-order valence-electron chi connectivity index (χ1n) is 8.95. The molecule has 2 aliphatic rings. The molecule has 1 saturated heterocycles. The van der Waals surface area contributed by atoms with Crippen molar-refractivity contribution in [2.75, 3.05) is 18.0 Å². The fraction of sp³-hybridized carbons (Fsp3) is 0.400. The summed E-state index contributed by atoms with van der Waals surface area (Å²) in [6, 6.07) is 14.2. The summed E-state index contributed by atoms with van der Waals surface area (Å²) >= 11 is 0. The zero-order valence-electron chi connectivity index (χ0n) is 14.1. The Labute approximate surface area is 147 Å². The molecule has 1 amide bonds. The molecule has 0 unspecified atom stereocenters. The molecule has 2 fully saturated rings. The normalized spacial score (nSPS) is 25.5. The lowest BCUT2D eigenvalue weighted by Gasteiger charge is -2.32. The first-order valence-corrected chi connectivity index (χ1v) is 8.95. The molecular formula is C20H23N3O2. The lowest BCUT2D eigenvalue weighted by molar-refractivity contribution is 0.0945. The smallest absolute Gasteiger partial charge is 0.270 e. The molecule has 1 aromatic carbocycles. The number of aliphatic hydroxyl groups excluding tert-OH is 1. The van der Waals surface area contributed by atoms with Gasteiger partial charge in [-0.25, -0.2) is 0 Å². The minimum atomic E-state index is -0.294. The zero-order valence-corrected chi connectivity index (χ0v) is 14.1. The van der Waals surface area contributed by atoms with Crippen LogP contribution < -0.4 is 10.2 Å². The molecule has 25 heavy (non-hydrogen) atoms. The van der Waals surface area contributed by atoms with Gasteiger partial charge in [-0.1, -0.05) is 30.3 Å². The molecule has 5 heteroatoms. The molecule has 1 aromatic heterocycles. The first-order chi connectivity index (χ1) is 12.2. The van der Waals surface area contributed by atoms with Crippen molar-refractivity contribution in [2.45, 2.75) is 37.3 Å².